The summed E-state index contributed by atoms with van der Waals surface area (Å²) in [5.74, 6) is -0.536. The average molecular weight is 688 g/mol. The van der Waals surface area contributed by atoms with Crippen LogP contribution in [0.3, 0.4) is 0 Å². The second-order valence-electron chi connectivity index (χ2n) is 14.2. The molecule has 5 nitrogen and oxygen atoms in total. The fourth-order valence-corrected chi connectivity index (χ4v) is 6.03. The second-order valence-corrected chi connectivity index (χ2v) is 14.2. The third-order valence-electron chi connectivity index (χ3n) is 9.37. The Bertz CT molecular complexity index is 805. The number of carbonyl (C=O) groups is 1. The molecule has 0 aromatic carbocycles. The zero-order valence-corrected chi connectivity index (χ0v) is 32.3. The number of unbranched alkanes of at least 4 members (excludes halogenated alkanes) is 23. The van der Waals surface area contributed by atoms with E-state index in [-0.39, 0.29) is 6.61 Å². The molecule has 0 heterocycles. The van der Waals surface area contributed by atoms with Gasteiger partial charge in [0.1, 0.15) is 6.10 Å². The Balaban J connectivity index is 3.78. The molecule has 4 N–H and O–H groups in total. The van der Waals surface area contributed by atoms with Gasteiger partial charge in [-0.25, -0.2) is 0 Å². The molecule has 0 bridgehead atoms. The molecule has 0 aliphatic rings. The minimum atomic E-state index is -1.13. The van der Waals surface area contributed by atoms with Gasteiger partial charge in [-0.3, -0.25) is 4.79 Å². The lowest BCUT2D eigenvalue weighted by molar-refractivity contribution is -0.131. The summed E-state index contributed by atoms with van der Waals surface area (Å²) in [5.41, 5.74) is 0. The highest BCUT2D eigenvalue weighted by molar-refractivity contribution is 5.80. The van der Waals surface area contributed by atoms with Crippen LogP contribution in [0.15, 0.2) is 48.6 Å². The Morgan fingerprint density at radius 3 is 1.24 bits per heavy atom. The van der Waals surface area contributed by atoms with Crippen molar-refractivity contribution >= 4 is 5.91 Å². The molecule has 0 spiro atoms. The van der Waals surface area contributed by atoms with Gasteiger partial charge in [0.15, 0.2) is 0 Å². The number of rotatable bonds is 37. The predicted octanol–water partition coefficient (Wildman–Crippen LogP) is 11.8. The third-order valence-corrected chi connectivity index (χ3v) is 9.37. The molecule has 0 aromatic heterocycles. The lowest BCUT2D eigenvalue weighted by Gasteiger charge is -2.21. The molecule has 5 heteroatoms. The molecule has 0 fully saturated rings. The number of allylic oxidation sites excluding steroid dienone is 7. The molecular formula is C44H81NO4. The highest BCUT2D eigenvalue weighted by Gasteiger charge is 2.22. The highest BCUT2D eigenvalue weighted by atomic mass is 16.3. The zero-order valence-electron chi connectivity index (χ0n) is 32.3. The smallest absolute Gasteiger partial charge is 0.249 e. The normalized spacial score (nSPS) is 14.1. The molecule has 0 rings (SSSR count). The lowest BCUT2D eigenvalue weighted by atomic mass is 10.0. The summed E-state index contributed by atoms with van der Waals surface area (Å²) >= 11 is 0. The predicted molar refractivity (Wildman–Crippen MR) is 213 cm³/mol. The number of aliphatic hydroxyl groups is 3. The quantitative estimate of drug-likeness (QED) is 0.0386. The minimum Gasteiger partial charge on any atom is -0.394 e. The molecular weight excluding hydrogens is 606 g/mol. The average Bonchev–Trinajstić information content (AvgIpc) is 3.11. The number of amides is 1. The maximum atomic E-state index is 12.4. The minimum absolute atomic E-state index is 0.378. The van der Waals surface area contributed by atoms with E-state index >= 15 is 0 Å². The summed E-state index contributed by atoms with van der Waals surface area (Å²) in [6, 6.07) is -0.828. The standard InChI is InChI=1S/C44H81NO4/c1-3-5-7-9-11-13-15-17-18-19-20-21-22-23-24-25-26-27-29-30-32-34-36-38-42(47)41(40-46)45-44(49)43(48)39-37-35-33-31-28-16-14-12-10-8-6-4-2/h24-25,28-31,36,38,41-43,46-48H,3-23,26-27,32-35,37,39-40H2,1-2H3,(H,45,49)/b25-24+,30-29+,31-28-,38-36+. The first kappa shape index (κ1) is 47.3. The van der Waals surface area contributed by atoms with Gasteiger partial charge < -0.3 is 20.6 Å². The SMILES string of the molecule is CCCCCCCC/C=C\CCCCC(O)C(=O)NC(CO)C(O)/C=C/CC/C=C/CC/C=C/CCCCCCCCCCCCCCC. The van der Waals surface area contributed by atoms with Crippen LogP contribution in [0.1, 0.15) is 200 Å². The summed E-state index contributed by atoms with van der Waals surface area (Å²) in [6.45, 7) is 4.13. The van der Waals surface area contributed by atoms with Gasteiger partial charge in [0, 0.05) is 0 Å². The highest BCUT2D eigenvalue weighted by Crippen LogP contribution is 2.14. The molecule has 0 saturated carbocycles. The summed E-state index contributed by atoms with van der Waals surface area (Å²) in [4.78, 5) is 12.4. The van der Waals surface area contributed by atoms with Gasteiger partial charge in [0.05, 0.1) is 18.8 Å². The number of hydrogen-bond donors (Lipinski definition) is 4. The van der Waals surface area contributed by atoms with E-state index in [1.165, 1.54) is 128 Å². The van der Waals surface area contributed by atoms with E-state index in [0.29, 0.717) is 6.42 Å². The topological polar surface area (TPSA) is 89.8 Å². The van der Waals surface area contributed by atoms with Crippen molar-refractivity contribution in [1.29, 1.82) is 0 Å². The number of carbonyl (C=O) groups excluding carboxylic acids is 1. The van der Waals surface area contributed by atoms with E-state index in [1.54, 1.807) is 6.08 Å². The first-order chi connectivity index (χ1) is 24.1. The molecule has 0 aliphatic heterocycles. The van der Waals surface area contributed by atoms with Crippen molar-refractivity contribution in [1.82, 2.24) is 5.32 Å². The van der Waals surface area contributed by atoms with Crippen LogP contribution in [0.25, 0.3) is 0 Å². The van der Waals surface area contributed by atoms with Gasteiger partial charge in [-0.05, 0) is 70.6 Å². The van der Waals surface area contributed by atoms with Gasteiger partial charge in [0.2, 0.25) is 5.91 Å². The number of nitrogens with one attached hydrogen (secondary N) is 1. The Kier molecular flexibility index (Phi) is 37.8. The van der Waals surface area contributed by atoms with E-state index in [0.717, 1.165) is 51.4 Å². The second kappa shape index (κ2) is 39.1. The molecule has 0 saturated heterocycles. The summed E-state index contributed by atoms with van der Waals surface area (Å²) < 4.78 is 0. The van der Waals surface area contributed by atoms with Crippen molar-refractivity contribution in [2.24, 2.45) is 0 Å². The summed E-state index contributed by atoms with van der Waals surface area (Å²) in [6.07, 6.45) is 50.0. The van der Waals surface area contributed by atoms with Crippen molar-refractivity contribution in [2.75, 3.05) is 6.61 Å². The summed E-state index contributed by atoms with van der Waals surface area (Å²) in [7, 11) is 0. The van der Waals surface area contributed by atoms with Gasteiger partial charge in [-0.2, -0.15) is 0 Å². The van der Waals surface area contributed by atoms with Gasteiger partial charge in [-0.15, -0.1) is 0 Å². The van der Waals surface area contributed by atoms with Crippen LogP contribution in [0.4, 0.5) is 0 Å². The van der Waals surface area contributed by atoms with E-state index in [9.17, 15) is 20.1 Å². The zero-order chi connectivity index (χ0) is 35.9. The largest absolute Gasteiger partial charge is 0.394 e. The van der Waals surface area contributed by atoms with Crippen molar-refractivity contribution in [3.8, 4) is 0 Å². The van der Waals surface area contributed by atoms with Crippen molar-refractivity contribution in [3.63, 3.8) is 0 Å². The Labute approximate surface area is 304 Å². The van der Waals surface area contributed by atoms with Gasteiger partial charge in [0.25, 0.3) is 0 Å². The van der Waals surface area contributed by atoms with Crippen LogP contribution in [-0.2, 0) is 4.79 Å². The maximum absolute atomic E-state index is 12.4. The van der Waals surface area contributed by atoms with E-state index in [1.807, 2.05) is 6.08 Å². The summed E-state index contributed by atoms with van der Waals surface area (Å²) in [5, 5.41) is 33.0. The molecule has 49 heavy (non-hydrogen) atoms. The van der Waals surface area contributed by atoms with E-state index < -0.39 is 24.2 Å². The lowest BCUT2D eigenvalue weighted by Crippen LogP contribution is -2.48. The van der Waals surface area contributed by atoms with Crippen LogP contribution in [-0.4, -0.2) is 46.1 Å². The van der Waals surface area contributed by atoms with Gasteiger partial charge >= 0.3 is 0 Å². The van der Waals surface area contributed by atoms with Crippen molar-refractivity contribution < 1.29 is 20.1 Å². The molecule has 3 atom stereocenters. The number of hydrogen-bond acceptors (Lipinski definition) is 4. The number of aliphatic hydroxyl groups excluding tert-OH is 3. The van der Waals surface area contributed by atoms with Crippen LogP contribution in [0, 0.1) is 0 Å². The monoisotopic (exact) mass is 688 g/mol. The molecule has 286 valence electrons. The van der Waals surface area contributed by atoms with Gasteiger partial charge in [-0.1, -0.05) is 178 Å². The Hall–Kier alpha value is -1.69. The molecule has 0 radical (unpaired) electrons. The fourth-order valence-electron chi connectivity index (χ4n) is 6.03. The third kappa shape index (κ3) is 34.5. The fraction of sp³-hybridized carbons (Fsp3) is 0.795. The van der Waals surface area contributed by atoms with Crippen molar-refractivity contribution in [2.45, 2.75) is 218 Å². The van der Waals surface area contributed by atoms with Crippen molar-refractivity contribution in [3.05, 3.63) is 48.6 Å². The van der Waals surface area contributed by atoms with Crippen LogP contribution < -0.4 is 5.32 Å². The molecule has 0 aliphatic carbocycles. The first-order valence-electron chi connectivity index (χ1n) is 21.0. The van der Waals surface area contributed by atoms with Crippen LogP contribution in [0.5, 0.6) is 0 Å². The van der Waals surface area contributed by atoms with Crippen LogP contribution in [0.2, 0.25) is 0 Å². The Morgan fingerprint density at radius 2 is 0.837 bits per heavy atom. The Morgan fingerprint density at radius 1 is 0.490 bits per heavy atom. The van der Waals surface area contributed by atoms with E-state index in [2.05, 4.69) is 55.6 Å². The van der Waals surface area contributed by atoms with E-state index in [4.69, 9.17) is 0 Å². The maximum Gasteiger partial charge on any atom is 0.249 e. The molecule has 3 unspecified atom stereocenters. The first-order valence-corrected chi connectivity index (χ1v) is 21.0. The molecule has 0 aromatic rings. The molecule has 1 amide bonds. The van der Waals surface area contributed by atoms with Crippen LogP contribution >= 0.6 is 0 Å².